The van der Waals surface area contributed by atoms with Gasteiger partial charge in [-0.25, -0.2) is 5.43 Å². The highest BCUT2D eigenvalue weighted by Gasteiger charge is 2.15. The van der Waals surface area contributed by atoms with Gasteiger partial charge in [0.1, 0.15) is 0 Å². The van der Waals surface area contributed by atoms with Gasteiger partial charge in [0.2, 0.25) is 6.79 Å². The van der Waals surface area contributed by atoms with Crippen molar-refractivity contribution in [3.63, 3.8) is 0 Å². The van der Waals surface area contributed by atoms with Crippen molar-refractivity contribution in [2.45, 2.75) is 13.8 Å². The summed E-state index contributed by atoms with van der Waals surface area (Å²) >= 11 is 0. The minimum atomic E-state index is -0.264. The number of rotatable bonds is 3. The molecule has 0 fully saturated rings. The van der Waals surface area contributed by atoms with Gasteiger partial charge in [0.05, 0.1) is 0 Å². The van der Waals surface area contributed by atoms with Crippen LogP contribution in [0.4, 0.5) is 0 Å². The number of fused-ring (bicyclic) bond motifs is 1. The molecule has 0 saturated carbocycles. The maximum atomic E-state index is 11.7. The SMILES string of the molecule is CC(C)/C=N/NC(=O)c1ccc2c(c1)OCO2. The van der Waals surface area contributed by atoms with Crippen molar-refractivity contribution in [3.05, 3.63) is 23.8 Å². The van der Waals surface area contributed by atoms with Gasteiger partial charge in [0.25, 0.3) is 5.91 Å². The second kappa shape index (κ2) is 4.86. The van der Waals surface area contributed by atoms with Crippen LogP contribution >= 0.6 is 0 Å². The molecule has 1 N–H and O–H groups in total. The Balaban J connectivity index is 2.05. The molecule has 0 spiro atoms. The molecule has 0 aromatic heterocycles. The molecule has 1 amide bonds. The second-order valence-electron chi connectivity index (χ2n) is 4.03. The number of amides is 1. The average molecular weight is 234 g/mol. The third kappa shape index (κ3) is 2.75. The zero-order valence-corrected chi connectivity index (χ0v) is 9.77. The van der Waals surface area contributed by atoms with E-state index in [9.17, 15) is 4.79 Å². The highest BCUT2D eigenvalue weighted by Crippen LogP contribution is 2.32. The molecule has 5 nitrogen and oxygen atoms in total. The molecular weight excluding hydrogens is 220 g/mol. The number of nitrogens with one attached hydrogen (secondary N) is 1. The molecule has 0 aliphatic carbocycles. The molecule has 17 heavy (non-hydrogen) atoms. The molecular formula is C12H14N2O3. The van der Waals surface area contributed by atoms with E-state index in [0.29, 0.717) is 23.0 Å². The predicted molar refractivity (Wildman–Crippen MR) is 63.4 cm³/mol. The van der Waals surface area contributed by atoms with Crippen LogP contribution in [0.25, 0.3) is 0 Å². The van der Waals surface area contributed by atoms with Gasteiger partial charge >= 0.3 is 0 Å². The number of ether oxygens (including phenoxy) is 2. The molecule has 0 unspecified atom stereocenters. The Morgan fingerprint density at radius 3 is 2.94 bits per heavy atom. The molecule has 1 heterocycles. The lowest BCUT2D eigenvalue weighted by Crippen LogP contribution is -2.17. The fraction of sp³-hybridized carbons (Fsp3) is 0.333. The number of carbonyl (C=O) groups is 1. The van der Waals surface area contributed by atoms with Crippen molar-refractivity contribution >= 4 is 12.1 Å². The molecule has 1 aliphatic rings. The Bertz CT molecular complexity index is 455. The molecule has 0 atom stereocenters. The maximum Gasteiger partial charge on any atom is 0.271 e. The average Bonchev–Trinajstić information content (AvgIpc) is 2.75. The fourth-order valence-corrected chi connectivity index (χ4v) is 1.35. The van der Waals surface area contributed by atoms with Crippen molar-refractivity contribution in [3.8, 4) is 11.5 Å². The van der Waals surface area contributed by atoms with Crippen LogP contribution in [0.15, 0.2) is 23.3 Å². The first-order valence-corrected chi connectivity index (χ1v) is 5.40. The molecule has 1 aromatic rings. The molecule has 5 heteroatoms. The Labute approximate surface area is 99.4 Å². The van der Waals surface area contributed by atoms with E-state index in [2.05, 4.69) is 10.5 Å². The van der Waals surface area contributed by atoms with E-state index in [-0.39, 0.29) is 12.7 Å². The maximum absolute atomic E-state index is 11.7. The van der Waals surface area contributed by atoms with E-state index in [0.717, 1.165) is 0 Å². The summed E-state index contributed by atoms with van der Waals surface area (Å²) in [6.45, 7) is 4.17. The van der Waals surface area contributed by atoms with E-state index in [1.54, 1.807) is 24.4 Å². The summed E-state index contributed by atoms with van der Waals surface area (Å²) in [5.74, 6) is 1.28. The fourth-order valence-electron chi connectivity index (χ4n) is 1.35. The Morgan fingerprint density at radius 1 is 1.41 bits per heavy atom. The quantitative estimate of drug-likeness (QED) is 0.640. The highest BCUT2D eigenvalue weighted by atomic mass is 16.7. The van der Waals surface area contributed by atoms with Gasteiger partial charge in [-0.15, -0.1) is 0 Å². The van der Waals surface area contributed by atoms with Crippen LogP contribution in [-0.2, 0) is 0 Å². The summed E-state index contributed by atoms with van der Waals surface area (Å²) < 4.78 is 10.4. The van der Waals surface area contributed by atoms with Gasteiger partial charge in [-0.05, 0) is 24.1 Å². The lowest BCUT2D eigenvalue weighted by molar-refractivity contribution is 0.0954. The second-order valence-corrected chi connectivity index (χ2v) is 4.03. The van der Waals surface area contributed by atoms with Crippen molar-refractivity contribution in [1.29, 1.82) is 0 Å². The van der Waals surface area contributed by atoms with Crippen molar-refractivity contribution in [2.24, 2.45) is 11.0 Å². The number of carbonyl (C=O) groups excluding carboxylic acids is 1. The van der Waals surface area contributed by atoms with Crippen LogP contribution in [0.5, 0.6) is 11.5 Å². The Kier molecular flexibility index (Phi) is 3.27. The van der Waals surface area contributed by atoms with Crippen molar-refractivity contribution < 1.29 is 14.3 Å². The minimum Gasteiger partial charge on any atom is -0.454 e. The van der Waals surface area contributed by atoms with E-state index < -0.39 is 0 Å². The first-order valence-electron chi connectivity index (χ1n) is 5.40. The Hall–Kier alpha value is -2.04. The molecule has 0 saturated heterocycles. The lowest BCUT2D eigenvalue weighted by atomic mass is 10.2. The summed E-state index contributed by atoms with van der Waals surface area (Å²) in [5, 5.41) is 3.84. The summed E-state index contributed by atoms with van der Waals surface area (Å²) in [7, 11) is 0. The summed E-state index contributed by atoms with van der Waals surface area (Å²) in [5.41, 5.74) is 2.95. The zero-order valence-electron chi connectivity index (χ0n) is 9.77. The van der Waals surface area contributed by atoms with E-state index in [1.807, 2.05) is 13.8 Å². The van der Waals surface area contributed by atoms with Crippen LogP contribution in [-0.4, -0.2) is 18.9 Å². The molecule has 1 aromatic carbocycles. The smallest absolute Gasteiger partial charge is 0.271 e. The summed E-state index contributed by atoms with van der Waals surface area (Å²) in [6, 6.07) is 5.03. The van der Waals surface area contributed by atoms with Crippen LogP contribution in [0.2, 0.25) is 0 Å². The van der Waals surface area contributed by atoms with Gasteiger partial charge in [0.15, 0.2) is 11.5 Å². The van der Waals surface area contributed by atoms with Gasteiger partial charge < -0.3 is 9.47 Å². The van der Waals surface area contributed by atoms with E-state index in [1.165, 1.54) is 0 Å². The first-order chi connectivity index (χ1) is 8.16. The van der Waals surface area contributed by atoms with Crippen molar-refractivity contribution in [1.82, 2.24) is 5.43 Å². The molecule has 0 radical (unpaired) electrons. The lowest BCUT2D eigenvalue weighted by Gasteiger charge is -2.01. The predicted octanol–water partition coefficient (Wildman–Crippen LogP) is 1.79. The van der Waals surface area contributed by atoms with Gasteiger partial charge in [-0.2, -0.15) is 5.10 Å². The van der Waals surface area contributed by atoms with E-state index >= 15 is 0 Å². The zero-order chi connectivity index (χ0) is 12.3. The number of hydrogen-bond acceptors (Lipinski definition) is 4. The van der Waals surface area contributed by atoms with Gasteiger partial charge in [0, 0.05) is 11.8 Å². The topological polar surface area (TPSA) is 59.9 Å². The number of benzene rings is 1. The first kappa shape index (κ1) is 11.4. The van der Waals surface area contributed by atoms with Crippen LogP contribution in [0.3, 0.4) is 0 Å². The van der Waals surface area contributed by atoms with Crippen LogP contribution < -0.4 is 14.9 Å². The summed E-state index contributed by atoms with van der Waals surface area (Å²) in [4.78, 5) is 11.7. The molecule has 2 rings (SSSR count). The number of hydrogen-bond donors (Lipinski definition) is 1. The number of nitrogens with zero attached hydrogens (tertiary/aromatic N) is 1. The molecule has 0 bridgehead atoms. The monoisotopic (exact) mass is 234 g/mol. The van der Waals surface area contributed by atoms with Crippen LogP contribution in [0.1, 0.15) is 24.2 Å². The highest BCUT2D eigenvalue weighted by molar-refractivity contribution is 5.95. The van der Waals surface area contributed by atoms with E-state index in [4.69, 9.17) is 9.47 Å². The molecule has 1 aliphatic heterocycles. The van der Waals surface area contributed by atoms with Gasteiger partial charge in [-0.1, -0.05) is 13.8 Å². The largest absolute Gasteiger partial charge is 0.454 e. The standard InChI is InChI=1S/C12H14N2O3/c1-8(2)6-13-14-12(15)9-3-4-10-11(5-9)17-7-16-10/h3-6,8H,7H2,1-2H3,(H,14,15)/b13-6+. The Morgan fingerprint density at radius 2 is 2.18 bits per heavy atom. The van der Waals surface area contributed by atoms with Gasteiger partial charge in [-0.3, -0.25) is 4.79 Å². The molecule has 90 valence electrons. The normalized spacial score (nSPS) is 13.4. The number of hydrazone groups is 1. The van der Waals surface area contributed by atoms with Crippen LogP contribution in [0, 0.1) is 5.92 Å². The summed E-state index contributed by atoms with van der Waals surface area (Å²) in [6.07, 6.45) is 1.67. The minimum absolute atomic E-state index is 0.200. The van der Waals surface area contributed by atoms with Crippen molar-refractivity contribution in [2.75, 3.05) is 6.79 Å². The third-order valence-electron chi connectivity index (χ3n) is 2.17. The third-order valence-corrected chi connectivity index (χ3v) is 2.17.